The van der Waals surface area contributed by atoms with Crippen molar-refractivity contribution in [2.45, 2.75) is 59.0 Å². The molecule has 0 aromatic carbocycles. The molecule has 0 saturated carbocycles. The Hall–Kier alpha value is -0.570. The summed E-state index contributed by atoms with van der Waals surface area (Å²) in [5.41, 5.74) is 5.66. The first-order chi connectivity index (χ1) is 6.36. The Balaban J connectivity index is 4.30. The highest BCUT2D eigenvalue weighted by Gasteiger charge is 2.26. The molecule has 0 aromatic heterocycles. The number of hydrogen-bond acceptors (Lipinski definition) is 2. The molecule has 3 N–H and O–H groups in total. The molecule has 0 aliphatic heterocycles. The highest BCUT2D eigenvalue weighted by Crippen LogP contribution is 2.14. The number of carbonyl (C=O) groups excluding carboxylic acids is 1. The van der Waals surface area contributed by atoms with Gasteiger partial charge in [-0.2, -0.15) is 0 Å². The first kappa shape index (κ1) is 13.4. The van der Waals surface area contributed by atoms with E-state index in [1.807, 2.05) is 13.8 Å². The van der Waals surface area contributed by atoms with Gasteiger partial charge in [-0.3, -0.25) is 4.79 Å². The predicted molar refractivity (Wildman–Crippen MR) is 59.9 cm³/mol. The molecule has 0 fully saturated rings. The van der Waals surface area contributed by atoms with Crippen LogP contribution in [0.4, 0.5) is 0 Å². The molecule has 0 saturated heterocycles. The van der Waals surface area contributed by atoms with Gasteiger partial charge in [0.15, 0.2) is 0 Å². The zero-order valence-electron chi connectivity index (χ0n) is 10.1. The number of carbonyl (C=O) groups is 1. The fourth-order valence-electron chi connectivity index (χ4n) is 1.11. The summed E-state index contributed by atoms with van der Waals surface area (Å²) in [4.78, 5) is 11.7. The maximum absolute atomic E-state index is 11.7. The van der Waals surface area contributed by atoms with Crippen LogP contribution in [0.15, 0.2) is 0 Å². The van der Waals surface area contributed by atoms with Gasteiger partial charge >= 0.3 is 0 Å². The lowest BCUT2D eigenvalue weighted by Crippen LogP contribution is -2.53. The smallest absolute Gasteiger partial charge is 0.237 e. The largest absolute Gasteiger partial charge is 0.350 e. The van der Waals surface area contributed by atoms with Crippen molar-refractivity contribution in [1.82, 2.24) is 5.32 Å². The van der Waals surface area contributed by atoms with Crippen LogP contribution in [0.5, 0.6) is 0 Å². The molecular formula is C11H24N2O. The topological polar surface area (TPSA) is 55.1 Å². The fourth-order valence-corrected chi connectivity index (χ4v) is 1.11. The first-order valence-electron chi connectivity index (χ1n) is 5.44. The van der Waals surface area contributed by atoms with E-state index in [0.717, 1.165) is 12.8 Å². The van der Waals surface area contributed by atoms with Gasteiger partial charge in [0.2, 0.25) is 5.91 Å². The van der Waals surface area contributed by atoms with Crippen LogP contribution in [-0.2, 0) is 4.79 Å². The van der Waals surface area contributed by atoms with E-state index in [1.165, 1.54) is 0 Å². The van der Waals surface area contributed by atoms with E-state index in [4.69, 9.17) is 5.73 Å². The third-order valence-corrected chi connectivity index (χ3v) is 3.01. The summed E-state index contributed by atoms with van der Waals surface area (Å²) in [6, 6.07) is -0.396. The van der Waals surface area contributed by atoms with Crippen molar-refractivity contribution in [1.29, 1.82) is 0 Å². The Labute approximate surface area is 87.4 Å². The van der Waals surface area contributed by atoms with Gasteiger partial charge in [0, 0.05) is 5.54 Å². The standard InChI is InChI=1S/C11H24N2O/c1-6-11(5,7-2)13-10(14)9(12)8(3)4/h8-9H,6-7,12H2,1-5H3,(H,13,14)/t9-/m1/s1. The highest BCUT2D eigenvalue weighted by molar-refractivity contribution is 5.82. The molecule has 84 valence electrons. The van der Waals surface area contributed by atoms with E-state index >= 15 is 0 Å². The minimum Gasteiger partial charge on any atom is -0.350 e. The summed E-state index contributed by atoms with van der Waals surface area (Å²) in [5.74, 6) is 0.152. The van der Waals surface area contributed by atoms with Crippen molar-refractivity contribution in [2.24, 2.45) is 11.7 Å². The van der Waals surface area contributed by atoms with Crippen molar-refractivity contribution in [3.05, 3.63) is 0 Å². The Morgan fingerprint density at radius 3 is 2.07 bits per heavy atom. The summed E-state index contributed by atoms with van der Waals surface area (Å²) in [6.07, 6.45) is 1.86. The zero-order chi connectivity index (χ0) is 11.4. The summed E-state index contributed by atoms with van der Waals surface area (Å²) in [5, 5.41) is 3.01. The SMILES string of the molecule is CCC(C)(CC)NC(=O)[C@H](N)C(C)C. The molecule has 0 unspecified atom stereocenters. The molecular weight excluding hydrogens is 176 g/mol. The van der Waals surface area contributed by atoms with Crippen molar-refractivity contribution in [3.63, 3.8) is 0 Å². The Morgan fingerprint density at radius 1 is 1.36 bits per heavy atom. The van der Waals surface area contributed by atoms with Gasteiger partial charge < -0.3 is 11.1 Å². The lowest BCUT2D eigenvalue weighted by molar-refractivity contribution is -0.125. The molecule has 0 bridgehead atoms. The van der Waals surface area contributed by atoms with Gasteiger partial charge in [-0.05, 0) is 25.7 Å². The number of hydrogen-bond donors (Lipinski definition) is 2. The van der Waals surface area contributed by atoms with E-state index in [2.05, 4.69) is 26.1 Å². The normalized spacial score (nSPS) is 14.2. The molecule has 14 heavy (non-hydrogen) atoms. The number of rotatable bonds is 5. The Bertz CT molecular complexity index is 186. The lowest BCUT2D eigenvalue weighted by Gasteiger charge is -2.30. The number of amides is 1. The minimum absolute atomic E-state index is 0.0359. The minimum atomic E-state index is -0.396. The maximum atomic E-state index is 11.7. The van der Waals surface area contributed by atoms with Crippen LogP contribution in [0.3, 0.4) is 0 Å². The van der Waals surface area contributed by atoms with Crippen LogP contribution in [0.25, 0.3) is 0 Å². The maximum Gasteiger partial charge on any atom is 0.237 e. The van der Waals surface area contributed by atoms with Crippen LogP contribution in [0.2, 0.25) is 0 Å². The third-order valence-electron chi connectivity index (χ3n) is 3.01. The molecule has 3 heteroatoms. The molecule has 0 aliphatic rings. The number of nitrogens with two attached hydrogens (primary N) is 1. The molecule has 0 spiro atoms. The average Bonchev–Trinajstić information content (AvgIpc) is 2.16. The monoisotopic (exact) mass is 200 g/mol. The van der Waals surface area contributed by atoms with Crippen LogP contribution in [0.1, 0.15) is 47.5 Å². The fraction of sp³-hybridized carbons (Fsp3) is 0.909. The summed E-state index contributed by atoms with van der Waals surface area (Å²) < 4.78 is 0. The van der Waals surface area contributed by atoms with Crippen LogP contribution in [-0.4, -0.2) is 17.5 Å². The second kappa shape index (κ2) is 5.35. The molecule has 0 aromatic rings. The van der Waals surface area contributed by atoms with Crippen molar-refractivity contribution < 1.29 is 4.79 Å². The Kier molecular flexibility index (Phi) is 5.13. The first-order valence-corrected chi connectivity index (χ1v) is 5.44. The molecule has 0 radical (unpaired) electrons. The van der Waals surface area contributed by atoms with Gasteiger partial charge in [-0.15, -0.1) is 0 Å². The van der Waals surface area contributed by atoms with E-state index < -0.39 is 6.04 Å². The average molecular weight is 200 g/mol. The van der Waals surface area contributed by atoms with Gasteiger partial charge in [-0.25, -0.2) is 0 Å². The third kappa shape index (κ3) is 3.66. The van der Waals surface area contributed by atoms with Gasteiger partial charge in [0.05, 0.1) is 6.04 Å². The van der Waals surface area contributed by atoms with Crippen molar-refractivity contribution in [3.8, 4) is 0 Å². The van der Waals surface area contributed by atoms with E-state index in [1.54, 1.807) is 0 Å². The molecule has 0 heterocycles. The number of nitrogens with one attached hydrogen (secondary N) is 1. The van der Waals surface area contributed by atoms with Crippen LogP contribution >= 0.6 is 0 Å². The zero-order valence-corrected chi connectivity index (χ0v) is 10.1. The van der Waals surface area contributed by atoms with Crippen LogP contribution in [0, 0.1) is 5.92 Å². The summed E-state index contributed by atoms with van der Waals surface area (Å²) >= 11 is 0. The summed E-state index contributed by atoms with van der Waals surface area (Å²) in [6.45, 7) is 10.1. The van der Waals surface area contributed by atoms with Crippen LogP contribution < -0.4 is 11.1 Å². The molecule has 0 rings (SSSR count). The highest BCUT2D eigenvalue weighted by atomic mass is 16.2. The van der Waals surface area contributed by atoms with E-state index in [-0.39, 0.29) is 17.4 Å². The second-order valence-electron chi connectivity index (χ2n) is 4.53. The van der Waals surface area contributed by atoms with Gasteiger partial charge in [0.1, 0.15) is 0 Å². The molecule has 3 nitrogen and oxygen atoms in total. The second-order valence-corrected chi connectivity index (χ2v) is 4.53. The lowest BCUT2D eigenvalue weighted by atomic mass is 9.94. The quantitative estimate of drug-likeness (QED) is 0.709. The predicted octanol–water partition coefficient (Wildman–Crippen LogP) is 1.66. The Morgan fingerprint density at radius 2 is 1.79 bits per heavy atom. The van der Waals surface area contributed by atoms with Crippen molar-refractivity contribution >= 4 is 5.91 Å². The van der Waals surface area contributed by atoms with E-state index in [9.17, 15) is 4.79 Å². The van der Waals surface area contributed by atoms with E-state index in [0.29, 0.717) is 0 Å². The summed E-state index contributed by atoms with van der Waals surface area (Å²) in [7, 11) is 0. The van der Waals surface area contributed by atoms with Gasteiger partial charge in [0.25, 0.3) is 0 Å². The molecule has 1 atom stereocenters. The molecule has 1 amide bonds. The van der Waals surface area contributed by atoms with Gasteiger partial charge in [-0.1, -0.05) is 27.7 Å². The molecule has 0 aliphatic carbocycles. The van der Waals surface area contributed by atoms with Crippen molar-refractivity contribution in [2.75, 3.05) is 0 Å².